The van der Waals surface area contributed by atoms with Gasteiger partial charge in [0.15, 0.2) is 0 Å². The second-order valence-electron chi connectivity index (χ2n) is 7.35. The average molecular weight is 331 g/mol. The van der Waals surface area contributed by atoms with E-state index in [1.165, 1.54) is 49.5 Å². The Balaban J connectivity index is 2.11. The van der Waals surface area contributed by atoms with E-state index in [9.17, 15) is 0 Å². The largest absolute Gasteiger partial charge is 0.378 e. The molecule has 1 aromatic heterocycles. The lowest BCUT2D eigenvalue weighted by Crippen LogP contribution is -2.10. The van der Waals surface area contributed by atoms with Crippen molar-refractivity contribution >= 4 is 44.0 Å². The number of fused-ring (bicyclic) bond motifs is 4. The van der Waals surface area contributed by atoms with Crippen molar-refractivity contribution in [2.75, 3.05) is 38.0 Å². The van der Waals surface area contributed by atoms with Gasteiger partial charge in [-0.25, -0.2) is 0 Å². The SMILES string of the molecule is Cc1c(N(C)C)ccc2c3cc4ccc(N(C)C)cc4cc3n(C)c12. The van der Waals surface area contributed by atoms with E-state index in [0.717, 1.165) is 0 Å². The summed E-state index contributed by atoms with van der Waals surface area (Å²) >= 11 is 0. The zero-order valence-electron chi connectivity index (χ0n) is 15.9. The first-order valence-corrected chi connectivity index (χ1v) is 8.68. The smallest absolute Gasteiger partial charge is 0.0539 e. The fraction of sp³-hybridized carbons (Fsp3) is 0.273. The number of nitrogens with zero attached hydrogens (tertiary/aromatic N) is 3. The van der Waals surface area contributed by atoms with E-state index in [4.69, 9.17) is 0 Å². The number of hydrogen-bond donors (Lipinski definition) is 0. The van der Waals surface area contributed by atoms with E-state index in [1.54, 1.807) is 0 Å². The molecule has 0 amide bonds. The molecule has 3 heteroatoms. The van der Waals surface area contributed by atoms with Crippen LogP contribution in [0.5, 0.6) is 0 Å². The Morgan fingerprint density at radius 2 is 1.52 bits per heavy atom. The molecule has 0 aliphatic rings. The maximum Gasteiger partial charge on any atom is 0.0539 e. The Morgan fingerprint density at radius 1 is 0.760 bits per heavy atom. The highest BCUT2D eigenvalue weighted by atomic mass is 15.1. The third kappa shape index (κ3) is 2.26. The molecule has 4 rings (SSSR count). The van der Waals surface area contributed by atoms with Crippen LogP contribution in [0.25, 0.3) is 32.6 Å². The van der Waals surface area contributed by atoms with Gasteiger partial charge in [0.1, 0.15) is 0 Å². The van der Waals surface area contributed by atoms with Gasteiger partial charge in [-0.3, -0.25) is 0 Å². The Labute approximate surface area is 149 Å². The van der Waals surface area contributed by atoms with Gasteiger partial charge >= 0.3 is 0 Å². The van der Waals surface area contributed by atoms with Gasteiger partial charge in [-0.2, -0.15) is 0 Å². The summed E-state index contributed by atoms with van der Waals surface area (Å²) in [5.74, 6) is 0. The number of benzene rings is 3. The lowest BCUT2D eigenvalue weighted by Gasteiger charge is -2.16. The minimum Gasteiger partial charge on any atom is -0.378 e. The highest BCUT2D eigenvalue weighted by Crippen LogP contribution is 2.36. The summed E-state index contributed by atoms with van der Waals surface area (Å²) in [6.07, 6.45) is 0. The van der Waals surface area contributed by atoms with Gasteiger partial charge in [-0.1, -0.05) is 12.1 Å². The van der Waals surface area contributed by atoms with E-state index in [1.807, 2.05) is 0 Å². The molecule has 0 saturated heterocycles. The standard InChI is InChI=1S/C22H25N3/c1-14-20(24(4)5)10-9-18-19-12-15-7-8-17(23(2)3)11-16(15)13-21(19)25(6)22(14)18/h7-13H,1-6H3. The van der Waals surface area contributed by atoms with Crippen molar-refractivity contribution in [1.82, 2.24) is 4.57 Å². The molecule has 0 aliphatic carbocycles. The van der Waals surface area contributed by atoms with E-state index in [2.05, 4.69) is 99.0 Å². The molecular formula is C22H25N3. The molecule has 3 aromatic carbocycles. The van der Waals surface area contributed by atoms with Crippen molar-refractivity contribution in [3.8, 4) is 0 Å². The average Bonchev–Trinajstić information content (AvgIpc) is 2.85. The van der Waals surface area contributed by atoms with Crippen LogP contribution in [-0.4, -0.2) is 32.8 Å². The maximum atomic E-state index is 2.34. The Hall–Kier alpha value is -2.68. The van der Waals surface area contributed by atoms with E-state index in [-0.39, 0.29) is 0 Å². The molecule has 4 aromatic rings. The first kappa shape index (κ1) is 15.8. The summed E-state index contributed by atoms with van der Waals surface area (Å²) in [7, 11) is 10.6. The number of anilines is 2. The summed E-state index contributed by atoms with van der Waals surface area (Å²) in [6, 6.07) is 15.8. The molecule has 0 saturated carbocycles. The lowest BCUT2D eigenvalue weighted by molar-refractivity contribution is 1.00. The highest BCUT2D eigenvalue weighted by molar-refractivity contribution is 6.14. The molecule has 0 aliphatic heterocycles. The van der Waals surface area contributed by atoms with Crippen LogP contribution in [0.3, 0.4) is 0 Å². The second-order valence-corrected chi connectivity index (χ2v) is 7.35. The summed E-state index contributed by atoms with van der Waals surface area (Å²) in [4.78, 5) is 4.34. The fourth-order valence-electron chi connectivity index (χ4n) is 3.99. The zero-order chi connectivity index (χ0) is 17.9. The van der Waals surface area contributed by atoms with Crippen molar-refractivity contribution in [2.45, 2.75) is 6.92 Å². The molecule has 0 fully saturated rings. The van der Waals surface area contributed by atoms with Gasteiger partial charge < -0.3 is 14.4 Å². The van der Waals surface area contributed by atoms with Crippen LogP contribution in [0.4, 0.5) is 11.4 Å². The third-order valence-corrected chi connectivity index (χ3v) is 5.33. The van der Waals surface area contributed by atoms with Crippen molar-refractivity contribution < 1.29 is 0 Å². The van der Waals surface area contributed by atoms with Crippen molar-refractivity contribution in [3.63, 3.8) is 0 Å². The van der Waals surface area contributed by atoms with Gasteiger partial charge in [-0.05, 0) is 53.6 Å². The lowest BCUT2D eigenvalue weighted by atomic mass is 10.0. The van der Waals surface area contributed by atoms with Crippen LogP contribution in [0.2, 0.25) is 0 Å². The molecule has 1 heterocycles. The van der Waals surface area contributed by atoms with Gasteiger partial charge in [0.2, 0.25) is 0 Å². The van der Waals surface area contributed by atoms with Crippen molar-refractivity contribution in [3.05, 3.63) is 48.0 Å². The third-order valence-electron chi connectivity index (χ3n) is 5.33. The molecule has 0 unspecified atom stereocenters. The van der Waals surface area contributed by atoms with Crippen molar-refractivity contribution in [1.29, 1.82) is 0 Å². The number of hydrogen-bond acceptors (Lipinski definition) is 2. The van der Waals surface area contributed by atoms with Crippen LogP contribution in [0, 0.1) is 6.92 Å². The summed E-state index contributed by atoms with van der Waals surface area (Å²) in [6.45, 7) is 2.22. The van der Waals surface area contributed by atoms with E-state index in [0.29, 0.717) is 0 Å². The summed E-state index contributed by atoms with van der Waals surface area (Å²) in [5.41, 5.74) is 6.45. The Morgan fingerprint density at radius 3 is 2.20 bits per heavy atom. The van der Waals surface area contributed by atoms with Crippen LogP contribution < -0.4 is 9.80 Å². The second kappa shape index (κ2) is 5.41. The molecule has 0 N–H and O–H groups in total. The number of aromatic nitrogens is 1. The number of rotatable bonds is 2. The highest BCUT2D eigenvalue weighted by Gasteiger charge is 2.14. The minimum absolute atomic E-state index is 1.23. The molecule has 128 valence electrons. The van der Waals surface area contributed by atoms with Crippen LogP contribution in [0.15, 0.2) is 42.5 Å². The molecule has 3 nitrogen and oxygen atoms in total. The summed E-state index contributed by atoms with van der Waals surface area (Å²) in [5, 5.41) is 5.24. The topological polar surface area (TPSA) is 11.4 Å². The molecule has 0 spiro atoms. The summed E-state index contributed by atoms with van der Waals surface area (Å²) < 4.78 is 2.34. The van der Waals surface area contributed by atoms with E-state index < -0.39 is 0 Å². The van der Waals surface area contributed by atoms with Crippen LogP contribution >= 0.6 is 0 Å². The molecular weight excluding hydrogens is 306 g/mol. The Bertz CT molecular complexity index is 1120. The minimum atomic E-state index is 1.23. The van der Waals surface area contributed by atoms with Gasteiger partial charge in [-0.15, -0.1) is 0 Å². The Kier molecular flexibility index (Phi) is 3.43. The normalized spacial score (nSPS) is 11.6. The fourth-order valence-corrected chi connectivity index (χ4v) is 3.99. The predicted molar refractivity (Wildman–Crippen MR) is 111 cm³/mol. The number of aryl methyl sites for hydroxylation is 2. The van der Waals surface area contributed by atoms with E-state index >= 15 is 0 Å². The molecule has 0 radical (unpaired) electrons. The molecule has 0 bridgehead atoms. The van der Waals surface area contributed by atoms with Gasteiger partial charge in [0.25, 0.3) is 0 Å². The predicted octanol–water partition coefficient (Wildman–Crippen LogP) is 4.93. The quantitative estimate of drug-likeness (QED) is 0.516. The van der Waals surface area contributed by atoms with Gasteiger partial charge in [0.05, 0.1) is 5.52 Å². The van der Waals surface area contributed by atoms with Crippen LogP contribution in [-0.2, 0) is 7.05 Å². The monoisotopic (exact) mass is 331 g/mol. The van der Waals surface area contributed by atoms with Gasteiger partial charge in [0, 0.05) is 62.9 Å². The molecule has 0 atom stereocenters. The van der Waals surface area contributed by atoms with Crippen molar-refractivity contribution in [2.24, 2.45) is 7.05 Å². The first-order chi connectivity index (χ1) is 11.9. The first-order valence-electron chi connectivity index (χ1n) is 8.68. The van der Waals surface area contributed by atoms with Crippen LogP contribution in [0.1, 0.15) is 5.56 Å². The maximum absolute atomic E-state index is 2.34. The molecule has 25 heavy (non-hydrogen) atoms. The zero-order valence-corrected chi connectivity index (χ0v) is 15.9.